The van der Waals surface area contributed by atoms with Gasteiger partial charge in [0.1, 0.15) is 0 Å². The van der Waals surface area contributed by atoms with Gasteiger partial charge in [0, 0.05) is 33.4 Å². The van der Waals surface area contributed by atoms with Gasteiger partial charge in [-0.15, -0.1) is 0 Å². The minimum absolute atomic E-state index is 0.0201. The normalized spacial score (nSPS) is 20.6. The Kier molecular flexibility index (Phi) is 6.21. The van der Waals surface area contributed by atoms with Gasteiger partial charge in [-0.1, -0.05) is 0 Å². The molecule has 7 heteroatoms. The highest BCUT2D eigenvalue weighted by molar-refractivity contribution is 5.92. The summed E-state index contributed by atoms with van der Waals surface area (Å²) >= 11 is 0. The first-order chi connectivity index (χ1) is 13.1. The Morgan fingerprint density at radius 3 is 2.48 bits per heavy atom. The number of hydrogen-bond acceptors (Lipinski definition) is 5. The quantitative estimate of drug-likeness (QED) is 0.694. The van der Waals surface area contributed by atoms with Crippen LogP contribution >= 0.6 is 0 Å². The summed E-state index contributed by atoms with van der Waals surface area (Å²) in [5.41, 5.74) is 2.26. The van der Waals surface area contributed by atoms with Gasteiger partial charge in [-0.25, -0.2) is 0 Å². The van der Waals surface area contributed by atoms with Crippen molar-refractivity contribution in [3.63, 3.8) is 0 Å². The van der Waals surface area contributed by atoms with Crippen molar-refractivity contribution in [2.45, 2.75) is 25.8 Å². The summed E-state index contributed by atoms with van der Waals surface area (Å²) < 4.78 is 15.7. The molecule has 1 aliphatic heterocycles. The van der Waals surface area contributed by atoms with Gasteiger partial charge in [-0.2, -0.15) is 0 Å². The summed E-state index contributed by atoms with van der Waals surface area (Å²) in [6, 6.07) is 3.93. The minimum Gasteiger partial charge on any atom is -0.493 e. The van der Waals surface area contributed by atoms with Gasteiger partial charge < -0.3 is 24.4 Å². The summed E-state index contributed by atoms with van der Waals surface area (Å²) in [4.78, 5) is 26.8. The van der Waals surface area contributed by atoms with Gasteiger partial charge >= 0.3 is 0 Å². The summed E-state index contributed by atoms with van der Waals surface area (Å²) in [7, 11) is 4.87. The number of carbonyl (C=O) groups excluding carboxylic acids is 2. The molecule has 1 fully saturated rings. The fourth-order valence-electron chi connectivity index (χ4n) is 3.62. The van der Waals surface area contributed by atoms with Gasteiger partial charge in [0.2, 0.25) is 11.8 Å². The molecule has 3 rings (SSSR count). The van der Waals surface area contributed by atoms with E-state index in [4.69, 9.17) is 14.2 Å². The van der Waals surface area contributed by atoms with E-state index < -0.39 is 0 Å². The van der Waals surface area contributed by atoms with Gasteiger partial charge in [0.15, 0.2) is 11.5 Å². The van der Waals surface area contributed by atoms with E-state index in [1.807, 2.05) is 17.0 Å². The smallest absolute Gasteiger partial charge is 0.226 e. The molecule has 0 spiro atoms. The van der Waals surface area contributed by atoms with E-state index in [0.717, 1.165) is 18.4 Å². The van der Waals surface area contributed by atoms with Crippen LogP contribution < -0.4 is 14.8 Å². The van der Waals surface area contributed by atoms with Crippen LogP contribution in [0.15, 0.2) is 12.1 Å². The van der Waals surface area contributed by atoms with Crippen LogP contribution in [0.2, 0.25) is 0 Å². The van der Waals surface area contributed by atoms with Crippen LogP contribution in [-0.4, -0.2) is 57.7 Å². The van der Waals surface area contributed by atoms with Crippen LogP contribution in [0.5, 0.6) is 11.5 Å². The number of fused-ring (bicyclic) bond motifs is 1. The topological polar surface area (TPSA) is 77.1 Å². The zero-order valence-corrected chi connectivity index (χ0v) is 16.2. The third kappa shape index (κ3) is 4.35. The molecular weight excluding hydrogens is 348 g/mol. The molecule has 1 aliphatic carbocycles. The Labute approximate surface area is 160 Å². The largest absolute Gasteiger partial charge is 0.493 e. The average Bonchev–Trinajstić information content (AvgIpc) is 3.50. The molecule has 1 saturated carbocycles. The van der Waals surface area contributed by atoms with Crippen molar-refractivity contribution < 1.29 is 23.8 Å². The lowest BCUT2D eigenvalue weighted by molar-refractivity contribution is -0.135. The van der Waals surface area contributed by atoms with Crippen molar-refractivity contribution >= 4 is 11.8 Å². The third-order valence-corrected chi connectivity index (χ3v) is 5.30. The molecule has 2 unspecified atom stereocenters. The summed E-state index contributed by atoms with van der Waals surface area (Å²) in [6.07, 6.45) is 2.20. The van der Waals surface area contributed by atoms with Crippen molar-refractivity contribution in [1.29, 1.82) is 0 Å². The highest BCUT2D eigenvalue weighted by Crippen LogP contribution is 2.41. The number of ether oxygens (including phenoxy) is 3. The fourth-order valence-corrected chi connectivity index (χ4v) is 3.62. The van der Waals surface area contributed by atoms with E-state index >= 15 is 0 Å². The predicted octanol–water partition coefficient (Wildman–Crippen LogP) is 1.38. The second kappa shape index (κ2) is 8.61. The SMILES string of the molecule is COCCCNC(=O)C1CC1C(=O)N1CCc2cc(OC)c(OC)cc2C1. The Balaban J connectivity index is 1.56. The maximum absolute atomic E-state index is 12.8. The Hall–Kier alpha value is -2.28. The van der Waals surface area contributed by atoms with E-state index in [9.17, 15) is 9.59 Å². The van der Waals surface area contributed by atoms with Crippen LogP contribution in [0.25, 0.3) is 0 Å². The molecule has 2 atom stereocenters. The molecule has 7 nitrogen and oxygen atoms in total. The number of nitrogens with one attached hydrogen (secondary N) is 1. The van der Waals surface area contributed by atoms with Gasteiger partial charge in [0.05, 0.1) is 26.1 Å². The van der Waals surface area contributed by atoms with Gasteiger partial charge in [-0.05, 0) is 42.5 Å². The Morgan fingerprint density at radius 2 is 1.81 bits per heavy atom. The first-order valence-electron chi connectivity index (χ1n) is 9.38. The number of benzene rings is 1. The first-order valence-corrected chi connectivity index (χ1v) is 9.38. The standard InChI is InChI=1S/C20H28N2O5/c1-25-8-4-6-21-19(23)15-11-16(15)20(24)22-7-5-13-9-17(26-2)18(27-3)10-14(13)12-22/h9-10,15-16H,4-8,11-12H2,1-3H3,(H,21,23). The maximum Gasteiger partial charge on any atom is 0.226 e. The van der Waals surface area contributed by atoms with Crippen molar-refractivity contribution in [2.75, 3.05) is 41.0 Å². The molecule has 1 aromatic rings. The Bertz CT molecular complexity index is 706. The number of nitrogens with zero attached hydrogens (tertiary/aromatic N) is 1. The minimum atomic E-state index is -0.188. The van der Waals surface area contributed by atoms with Crippen molar-refractivity contribution in [3.05, 3.63) is 23.3 Å². The lowest BCUT2D eigenvalue weighted by Gasteiger charge is -2.30. The predicted molar refractivity (Wildman–Crippen MR) is 99.8 cm³/mol. The maximum atomic E-state index is 12.8. The highest BCUT2D eigenvalue weighted by atomic mass is 16.5. The molecule has 1 N–H and O–H groups in total. The van der Waals surface area contributed by atoms with Gasteiger partial charge in [-0.3, -0.25) is 9.59 Å². The van der Waals surface area contributed by atoms with E-state index in [2.05, 4.69) is 5.32 Å². The molecule has 1 aromatic carbocycles. The van der Waals surface area contributed by atoms with Crippen molar-refractivity contribution in [2.24, 2.45) is 11.8 Å². The zero-order valence-electron chi connectivity index (χ0n) is 16.2. The van der Waals surface area contributed by atoms with Crippen LogP contribution in [0.3, 0.4) is 0 Å². The highest BCUT2D eigenvalue weighted by Gasteiger charge is 2.49. The molecule has 1 heterocycles. The number of methoxy groups -OCH3 is 3. The average molecular weight is 376 g/mol. The molecule has 0 radical (unpaired) electrons. The first kappa shape index (κ1) is 19.5. The fraction of sp³-hybridized carbons (Fsp3) is 0.600. The van der Waals surface area contributed by atoms with E-state index in [-0.39, 0.29) is 23.7 Å². The molecule has 0 bridgehead atoms. The van der Waals surface area contributed by atoms with E-state index in [1.54, 1.807) is 21.3 Å². The summed E-state index contributed by atoms with van der Waals surface area (Å²) in [5.74, 6) is 1.07. The molecule has 0 saturated heterocycles. The van der Waals surface area contributed by atoms with Crippen LogP contribution in [0.1, 0.15) is 24.0 Å². The number of carbonyl (C=O) groups is 2. The lowest BCUT2D eigenvalue weighted by atomic mass is 9.98. The van der Waals surface area contributed by atoms with Crippen LogP contribution in [0, 0.1) is 11.8 Å². The van der Waals surface area contributed by atoms with E-state index in [1.165, 1.54) is 5.56 Å². The zero-order chi connectivity index (χ0) is 19.4. The summed E-state index contributed by atoms with van der Waals surface area (Å²) in [6.45, 7) is 2.42. The number of amides is 2. The van der Waals surface area contributed by atoms with Crippen molar-refractivity contribution in [3.8, 4) is 11.5 Å². The number of hydrogen-bond donors (Lipinski definition) is 1. The summed E-state index contributed by atoms with van der Waals surface area (Å²) in [5, 5.41) is 2.89. The molecule has 27 heavy (non-hydrogen) atoms. The van der Waals surface area contributed by atoms with Crippen LogP contribution in [-0.2, 0) is 27.3 Å². The third-order valence-electron chi connectivity index (χ3n) is 5.30. The van der Waals surface area contributed by atoms with E-state index in [0.29, 0.717) is 44.2 Å². The molecular formula is C20H28N2O5. The number of rotatable bonds is 8. The molecule has 0 aromatic heterocycles. The van der Waals surface area contributed by atoms with Crippen LogP contribution in [0.4, 0.5) is 0 Å². The second-order valence-electron chi connectivity index (χ2n) is 7.07. The molecule has 2 amide bonds. The molecule has 148 valence electrons. The Morgan fingerprint density at radius 1 is 1.11 bits per heavy atom. The van der Waals surface area contributed by atoms with Gasteiger partial charge in [0.25, 0.3) is 0 Å². The second-order valence-corrected chi connectivity index (χ2v) is 7.07. The van der Waals surface area contributed by atoms with Crippen molar-refractivity contribution in [1.82, 2.24) is 10.2 Å². The monoisotopic (exact) mass is 376 g/mol. The lowest BCUT2D eigenvalue weighted by Crippen LogP contribution is -2.38. The molecule has 2 aliphatic rings.